The first-order valence-corrected chi connectivity index (χ1v) is 5.30. The van der Waals surface area contributed by atoms with Crippen molar-refractivity contribution in [3.8, 4) is 0 Å². The first-order chi connectivity index (χ1) is 7.75. The Balaban J connectivity index is 2.21. The summed E-state index contributed by atoms with van der Waals surface area (Å²) in [5, 5.41) is 8.38. The second kappa shape index (κ2) is 4.71. The van der Waals surface area contributed by atoms with E-state index in [4.69, 9.17) is 0 Å². The van der Waals surface area contributed by atoms with Gasteiger partial charge < -0.3 is 0 Å². The van der Waals surface area contributed by atoms with E-state index in [1.807, 2.05) is 42.5 Å². The molecule has 2 heteroatoms. The number of azo groups is 1. The second-order valence-corrected chi connectivity index (χ2v) is 3.80. The Morgan fingerprint density at radius 3 is 2.06 bits per heavy atom. The average Bonchev–Trinajstić information content (AvgIpc) is 2.32. The average molecular weight is 210 g/mol. The molecule has 2 nitrogen and oxygen atoms in total. The van der Waals surface area contributed by atoms with Gasteiger partial charge in [0.25, 0.3) is 0 Å². The smallest absolute Gasteiger partial charge is 0.0859 e. The van der Waals surface area contributed by atoms with Gasteiger partial charge >= 0.3 is 0 Å². The van der Waals surface area contributed by atoms with E-state index in [2.05, 4.69) is 30.1 Å². The molecule has 0 aromatic heterocycles. The molecule has 0 heterocycles. The molecule has 0 saturated carbocycles. The van der Waals surface area contributed by atoms with Crippen molar-refractivity contribution in [1.29, 1.82) is 0 Å². The van der Waals surface area contributed by atoms with Gasteiger partial charge in [0.05, 0.1) is 11.4 Å². The first-order valence-electron chi connectivity index (χ1n) is 5.30. The molecule has 0 bridgehead atoms. The van der Waals surface area contributed by atoms with E-state index in [9.17, 15) is 0 Å². The molecule has 2 aromatic carbocycles. The maximum atomic E-state index is 4.20. The van der Waals surface area contributed by atoms with Crippen LogP contribution in [0.25, 0.3) is 0 Å². The predicted molar refractivity (Wildman–Crippen MR) is 66.5 cm³/mol. The van der Waals surface area contributed by atoms with Gasteiger partial charge in [-0.2, -0.15) is 10.2 Å². The Bertz CT molecular complexity index is 501. The fourth-order valence-corrected chi connectivity index (χ4v) is 1.40. The lowest BCUT2D eigenvalue weighted by atomic mass is 10.1. The molecule has 0 aliphatic heterocycles. The van der Waals surface area contributed by atoms with Crippen LogP contribution < -0.4 is 0 Å². The molecule has 0 unspecified atom stereocenters. The Morgan fingerprint density at radius 2 is 1.38 bits per heavy atom. The Hall–Kier alpha value is -1.96. The lowest BCUT2D eigenvalue weighted by Gasteiger charge is -1.99. The van der Waals surface area contributed by atoms with Gasteiger partial charge in [-0.1, -0.05) is 24.3 Å². The normalized spacial score (nSPS) is 10.9. The third kappa shape index (κ3) is 2.54. The Morgan fingerprint density at radius 1 is 0.688 bits per heavy atom. The lowest BCUT2D eigenvalue weighted by Crippen LogP contribution is -1.77. The van der Waals surface area contributed by atoms with Gasteiger partial charge in [-0.3, -0.25) is 0 Å². The summed E-state index contributed by atoms with van der Waals surface area (Å²) in [5.74, 6) is 0. The van der Waals surface area contributed by atoms with Crippen molar-refractivity contribution in [2.24, 2.45) is 10.2 Å². The van der Waals surface area contributed by atoms with Crippen LogP contribution in [0.5, 0.6) is 0 Å². The molecule has 0 N–H and O–H groups in total. The summed E-state index contributed by atoms with van der Waals surface area (Å²) >= 11 is 0. The molecule has 0 saturated heterocycles. The van der Waals surface area contributed by atoms with Crippen LogP contribution in [0, 0.1) is 13.8 Å². The second-order valence-electron chi connectivity index (χ2n) is 3.80. The van der Waals surface area contributed by atoms with Crippen molar-refractivity contribution in [3.05, 3.63) is 59.7 Å². The standard InChI is InChI=1S/C14H14N2/c1-11-8-9-14(10-12(11)2)16-15-13-6-4-3-5-7-13/h3-10H,1-2H3. The van der Waals surface area contributed by atoms with Crippen LogP contribution in [0.4, 0.5) is 11.4 Å². The zero-order chi connectivity index (χ0) is 11.4. The van der Waals surface area contributed by atoms with E-state index < -0.39 is 0 Å². The van der Waals surface area contributed by atoms with E-state index in [1.54, 1.807) is 0 Å². The van der Waals surface area contributed by atoms with Gasteiger partial charge in [0, 0.05) is 0 Å². The highest BCUT2D eigenvalue weighted by molar-refractivity contribution is 5.44. The third-order valence-electron chi connectivity index (χ3n) is 2.53. The largest absolute Gasteiger partial charge is 0.151 e. The number of aryl methyl sites for hydroxylation is 2. The highest BCUT2D eigenvalue weighted by Gasteiger charge is 1.94. The number of hydrogen-bond acceptors (Lipinski definition) is 2. The first kappa shape index (κ1) is 10.6. The molecule has 2 aromatic rings. The van der Waals surface area contributed by atoms with Crippen LogP contribution in [-0.2, 0) is 0 Å². The minimum atomic E-state index is 0.876. The molecular weight excluding hydrogens is 196 g/mol. The summed E-state index contributed by atoms with van der Waals surface area (Å²) in [5.41, 5.74) is 4.29. The Kier molecular flexibility index (Phi) is 3.10. The summed E-state index contributed by atoms with van der Waals surface area (Å²) in [7, 11) is 0. The van der Waals surface area contributed by atoms with Crippen LogP contribution in [0.3, 0.4) is 0 Å². The molecule has 0 atom stereocenters. The van der Waals surface area contributed by atoms with Crippen LogP contribution in [0.2, 0.25) is 0 Å². The fraction of sp³-hybridized carbons (Fsp3) is 0.143. The fourth-order valence-electron chi connectivity index (χ4n) is 1.40. The lowest BCUT2D eigenvalue weighted by molar-refractivity contribution is 1.21. The molecule has 2 rings (SSSR count). The van der Waals surface area contributed by atoms with E-state index >= 15 is 0 Å². The quantitative estimate of drug-likeness (QED) is 0.641. The number of rotatable bonds is 2. The summed E-state index contributed by atoms with van der Waals surface area (Å²) < 4.78 is 0. The summed E-state index contributed by atoms with van der Waals surface area (Å²) in [6, 6.07) is 15.8. The molecule has 0 fully saturated rings. The van der Waals surface area contributed by atoms with Crippen molar-refractivity contribution in [1.82, 2.24) is 0 Å². The summed E-state index contributed by atoms with van der Waals surface area (Å²) in [6.07, 6.45) is 0. The Labute approximate surface area is 95.7 Å². The minimum Gasteiger partial charge on any atom is -0.151 e. The van der Waals surface area contributed by atoms with Crippen molar-refractivity contribution >= 4 is 11.4 Å². The number of benzene rings is 2. The van der Waals surface area contributed by atoms with E-state index in [0.29, 0.717) is 0 Å². The predicted octanol–water partition coefficient (Wildman–Crippen LogP) is 4.72. The van der Waals surface area contributed by atoms with Crippen molar-refractivity contribution in [2.75, 3.05) is 0 Å². The highest BCUT2D eigenvalue weighted by atomic mass is 15.1. The molecule has 0 spiro atoms. The van der Waals surface area contributed by atoms with Crippen LogP contribution in [-0.4, -0.2) is 0 Å². The molecule has 80 valence electrons. The van der Waals surface area contributed by atoms with Gasteiger partial charge in [0.2, 0.25) is 0 Å². The third-order valence-corrected chi connectivity index (χ3v) is 2.53. The van der Waals surface area contributed by atoms with Gasteiger partial charge in [0.1, 0.15) is 0 Å². The monoisotopic (exact) mass is 210 g/mol. The number of hydrogen-bond donors (Lipinski definition) is 0. The van der Waals surface area contributed by atoms with Crippen LogP contribution in [0.15, 0.2) is 58.8 Å². The van der Waals surface area contributed by atoms with Crippen molar-refractivity contribution < 1.29 is 0 Å². The molecule has 0 amide bonds. The zero-order valence-corrected chi connectivity index (χ0v) is 9.51. The van der Waals surface area contributed by atoms with E-state index in [-0.39, 0.29) is 0 Å². The molecule has 16 heavy (non-hydrogen) atoms. The molecule has 0 aliphatic rings. The summed E-state index contributed by atoms with van der Waals surface area (Å²) in [4.78, 5) is 0. The van der Waals surface area contributed by atoms with Gasteiger partial charge in [-0.25, -0.2) is 0 Å². The van der Waals surface area contributed by atoms with Gasteiger partial charge in [-0.15, -0.1) is 0 Å². The van der Waals surface area contributed by atoms with Crippen molar-refractivity contribution in [3.63, 3.8) is 0 Å². The topological polar surface area (TPSA) is 24.7 Å². The molecule has 0 radical (unpaired) electrons. The maximum Gasteiger partial charge on any atom is 0.0859 e. The summed E-state index contributed by atoms with van der Waals surface area (Å²) in [6.45, 7) is 4.17. The SMILES string of the molecule is Cc1ccc(N=Nc2ccccc2)cc1C. The van der Waals surface area contributed by atoms with Crippen molar-refractivity contribution in [2.45, 2.75) is 13.8 Å². The van der Waals surface area contributed by atoms with E-state index in [0.717, 1.165) is 11.4 Å². The maximum absolute atomic E-state index is 4.20. The number of nitrogens with zero attached hydrogens (tertiary/aromatic N) is 2. The van der Waals surface area contributed by atoms with Crippen LogP contribution in [0.1, 0.15) is 11.1 Å². The minimum absolute atomic E-state index is 0.876. The highest BCUT2D eigenvalue weighted by Crippen LogP contribution is 2.20. The van der Waals surface area contributed by atoms with Gasteiger partial charge in [0.15, 0.2) is 0 Å². The molecule has 0 aliphatic carbocycles. The van der Waals surface area contributed by atoms with E-state index in [1.165, 1.54) is 11.1 Å². The van der Waals surface area contributed by atoms with Gasteiger partial charge in [-0.05, 0) is 49.2 Å². The van der Waals surface area contributed by atoms with Crippen LogP contribution >= 0.6 is 0 Å². The molecular formula is C14H14N2. The zero-order valence-electron chi connectivity index (χ0n) is 9.51.